The molecule has 0 saturated heterocycles. The molecule has 1 aromatic rings. The zero-order chi connectivity index (χ0) is 15.3. The van der Waals surface area contributed by atoms with Gasteiger partial charge in [0, 0.05) is 24.2 Å². The molecule has 0 aliphatic heterocycles. The van der Waals surface area contributed by atoms with Crippen LogP contribution in [0, 0.1) is 6.92 Å². The minimum atomic E-state index is -4.40. The van der Waals surface area contributed by atoms with E-state index in [0.29, 0.717) is 5.69 Å². The van der Waals surface area contributed by atoms with Crippen molar-refractivity contribution in [3.05, 3.63) is 23.8 Å². The van der Waals surface area contributed by atoms with Crippen molar-refractivity contribution in [1.82, 2.24) is 0 Å². The smallest absolute Gasteiger partial charge is 0.422 e. The number of ether oxygens (including phenoxy) is 1. The Kier molecular flexibility index (Phi) is 5.38. The summed E-state index contributed by atoms with van der Waals surface area (Å²) in [4.78, 5) is 11.6. The maximum atomic E-state index is 12.1. The Bertz CT molecular complexity index is 473. The lowest BCUT2D eigenvalue weighted by Gasteiger charge is -2.13. The molecule has 1 rings (SSSR count). The van der Waals surface area contributed by atoms with Crippen LogP contribution in [0.3, 0.4) is 0 Å². The van der Waals surface area contributed by atoms with Gasteiger partial charge in [0.15, 0.2) is 6.61 Å². The second kappa shape index (κ2) is 6.60. The SMILES string of the molecule is Cc1ccc(OCC(F)(F)F)cc1NC(=O)CC(C)N. The quantitative estimate of drug-likeness (QED) is 0.876. The van der Waals surface area contributed by atoms with E-state index in [-0.39, 0.29) is 24.1 Å². The first kappa shape index (κ1) is 16.3. The number of halogens is 3. The minimum absolute atomic E-state index is 0.0454. The fraction of sp³-hybridized carbons (Fsp3) is 0.462. The molecule has 4 nitrogen and oxygen atoms in total. The van der Waals surface area contributed by atoms with Crippen molar-refractivity contribution in [3.63, 3.8) is 0 Å². The zero-order valence-electron chi connectivity index (χ0n) is 11.3. The van der Waals surface area contributed by atoms with Gasteiger partial charge < -0.3 is 15.8 Å². The van der Waals surface area contributed by atoms with E-state index >= 15 is 0 Å². The first-order valence-electron chi connectivity index (χ1n) is 6.03. The summed E-state index contributed by atoms with van der Waals surface area (Å²) in [5.41, 5.74) is 6.64. The predicted molar refractivity (Wildman–Crippen MR) is 69.6 cm³/mol. The fourth-order valence-corrected chi connectivity index (χ4v) is 1.48. The van der Waals surface area contributed by atoms with Crippen LogP contribution in [0.5, 0.6) is 5.75 Å². The van der Waals surface area contributed by atoms with Crippen molar-refractivity contribution >= 4 is 11.6 Å². The lowest BCUT2D eigenvalue weighted by Crippen LogP contribution is -2.24. The maximum Gasteiger partial charge on any atom is 0.422 e. The highest BCUT2D eigenvalue weighted by Crippen LogP contribution is 2.24. The highest BCUT2D eigenvalue weighted by atomic mass is 19.4. The standard InChI is InChI=1S/C13H17F3N2O2/c1-8-3-4-10(20-7-13(14,15)16)6-11(8)18-12(19)5-9(2)17/h3-4,6,9H,5,7,17H2,1-2H3,(H,18,19). The third kappa shape index (κ3) is 5.92. The second-order valence-corrected chi connectivity index (χ2v) is 4.61. The monoisotopic (exact) mass is 290 g/mol. The van der Waals surface area contributed by atoms with Crippen molar-refractivity contribution < 1.29 is 22.7 Å². The average molecular weight is 290 g/mol. The van der Waals surface area contributed by atoms with Gasteiger partial charge in [0.1, 0.15) is 5.75 Å². The molecule has 3 N–H and O–H groups in total. The van der Waals surface area contributed by atoms with E-state index in [1.165, 1.54) is 12.1 Å². The number of anilines is 1. The second-order valence-electron chi connectivity index (χ2n) is 4.61. The van der Waals surface area contributed by atoms with Gasteiger partial charge >= 0.3 is 6.18 Å². The third-order valence-electron chi connectivity index (χ3n) is 2.39. The summed E-state index contributed by atoms with van der Waals surface area (Å²) >= 11 is 0. The Morgan fingerprint density at radius 1 is 1.45 bits per heavy atom. The topological polar surface area (TPSA) is 64.3 Å². The lowest BCUT2D eigenvalue weighted by molar-refractivity contribution is -0.153. The van der Waals surface area contributed by atoms with Crippen LogP contribution < -0.4 is 15.8 Å². The average Bonchev–Trinajstić information content (AvgIpc) is 2.28. The molecule has 20 heavy (non-hydrogen) atoms. The molecule has 1 aromatic carbocycles. The number of alkyl halides is 3. The number of nitrogens with two attached hydrogens (primary N) is 1. The minimum Gasteiger partial charge on any atom is -0.484 e. The Morgan fingerprint density at radius 2 is 2.10 bits per heavy atom. The van der Waals surface area contributed by atoms with Crippen LogP contribution >= 0.6 is 0 Å². The number of carbonyl (C=O) groups excluding carboxylic acids is 1. The predicted octanol–water partition coefficient (Wildman–Crippen LogP) is 2.61. The van der Waals surface area contributed by atoms with Gasteiger partial charge in [-0.2, -0.15) is 13.2 Å². The summed E-state index contributed by atoms with van der Waals surface area (Å²) in [6.45, 7) is 2.05. The van der Waals surface area contributed by atoms with Gasteiger partial charge in [0.25, 0.3) is 0 Å². The van der Waals surface area contributed by atoms with Crippen LogP contribution in [-0.4, -0.2) is 24.7 Å². The first-order chi connectivity index (χ1) is 9.17. The van der Waals surface area contributed by atoms with Crippen LogP contribution in [-0.2, 0) is 4.79 Å². The van der Waals surface area contributed by atoms with Gasteiger partial charge in [0.2, 0.25) is 5.91 Å². The van der Waals surface area contributed by atoms with E-state index in [2.05, 4.69) is 10.1 Å². The summed E-state index contributed by atoms with van der Waals surface area (Å²) in [6.07, 6.45) is -4.27. The van der Waals surface area contributed by atoms with Gasteiger partial charge in [-0.05, 0) is 25.5 Å². The van der Waals surface area contributed by atoms with Crippen molar-refractivity contribution in [1.29, 1.82) is 0 Å². The Labute approximate surface area is 115 Å². The molecular weight excluding hydrogens is 273 g/mol. The number of hydrogen-bond donors (Lipinski definition) is 2. The molecule has 7 heteroatoms. The summed E-state index contributed by atoms with van der Waals surface area (Å²) in [5, 5.41) is 2.60. The summed E-state index contributed by atoms with van der Waals surface area (Å²) < 4.78 is 40.8. The molecule has 0 aromatic heterocycles. The van der Waals surface area contributed by atoms with Crippen LogP contribution in [0.2, 0.25) is 0 Å². The molecule has 0 saturated carbocycles. The highest BCUT2D eigenvalue weighted by Gasteiger charge is 2.28. The van der Waals surface area contributed by atoms with Crippen LogP contribution in [0.15, 0.2) is 18.2 Å². The number of rotatable bonds is 5. The Morgan fingerprint density at radius 3 is 2.65 bits per heavy atom. The summed E-state index contributed by atoms with van der Waals surface area (Å²) in [7, 11) is 0. The molecule has 112 valence electrons. The maximum absolute atomic E-state index is 12.1. The molecule has 0 bridgehead atoms. The molecule has 0 aliphatic rings. The molecule has 1 unspecified atom stereocenters. The van der Waals surface area contributed by atoms with Crippen molar-refractivity contribution in [3.8, 4) is 5.75 Å². The molecule has 0 heterocycles. The zero-order valence-corrected chi connectivity index (χ0v) is 11.3. The van der Waals surface area contributed by atoms with Crippen LogP contribution in [0.4, 0.5) is 18.9 Å². The number of carbonyl (C=O) groups is 1. The van der Waals surface area contributed by atoms with E-state index in [9.17, 15) is 18.0 Å². The van der Waals surface area contributed by atoms with Crippen molar-refractivity contribution in [2.75, 3.05) is 11.9 Å². The largest absolute Gasteiger partial charge is 0.484 e. The number of nitrogens with one attached hydrogen (secondary N) is 1. The molecule has 0 radical (unpaired) electrons. The van der Waals surface area contributed by atoms with E-state index in [0.717, 1.165) is 5.56 Å². The molecule has 1 amide bonds. The summed E-state index contributed by atoms with van der Waals surface area (Å²) in [5.74, 6) is -0.250. The van der Waals surface area contributed by atoms with Crippen LogP contribution in [0.1, 0.15) is 18.9 Å². The number of benzene rings is 1. The van der Waals surface area contributed by atoms with Gasteiger partial charge in [-0.3, -0.25) is 4.79 Å². The molecule has 1 atom stereocenters. The first-order valence-corrected chi connectivity index (χ1v) is 6.03. The Hall–Kier alpha value is -1.76. The molecule has 0 spiro atoms. The molecular formula is C13H17F3N2O2. The van der Waals surface area contributed by atoms with Crippen molar-refractivity contribution in [2.24, 2.45) is 5.73 Å². The van der Waals surface area contributed by atoms with E-state index in [1.807, 2.05) is 0 Å². The number of hydrogen-bond acceptors (Lipinski definition) is 3. The van der Waals surface area contributed by atoms with Gasteiger partial charge in [-0.25, -0.2) is 0 Å². The number of aryl methyl sites for hydroxylation is 1. The highest BCUT2D eigenvalue weighted by molar-refractivity contribution is 5.92. The third-order valence-corrected chi connectivity index (χ3v) is 2.39. The van der Waals surface area contributed by atoms with Crippen molar-refractivity contribution in [2.45, 2.75) is 32.5 Å². The molecule has 0 aliphatic carbocycles. The van der Waals surface area contributed by atoms with E-state index < -0.39 is 12.8 Å². The summed E-state index contributed by atoms with van der Waals surface area (Å²) in [6, 6.07) is 4.07. The molecule has 0 fully saturated rings. The lowest BCUT2D eigenvalue weighted by atomic mass is 10.1. The van der Waals surface area contributed by atoms with Crippen LogP contribution in [0.25, 0.3) is 0 Å². The van der Waals surface area contributed by atoms with Gasteiger partial charge in [-0.15, -0.1) is 0 Å². The van der Waals surface area contributed by atoms with E-state index in [1.54, 1.807) is 19.9 Å². The fourth-order valence-electron chi connectivity index (χ4n) is 1.48. The number of amides is 1. The van der Waals surface area contributed by atoms with Gasteiger partial charge in [0.05, 0.1) is 0 Å². The van der Waals surface area contributed by atoms with Gasteiger partial charge in [-0.1, -0.05) is 6.07 Å². The normalized spacial score (nSPS) is 12.9. The Balaban J connectivity index is 2.73. The van der Waals surface area contributed by atoms with E-state index in [4.69, 9.17) is 5.73 Å².